The molecule has 0 spiro atoms. The fourth-order valence-electron chi connectivity index (χ4n) is 2.72. The van der Waals surface area contributed by atoms with Crippen LogP contribution in [-0.4, -0.2) is 12.5 Å². The molecule has 0 fully saturated rings. The second-order valence-electron chi connectivity index (χ2n) is 5.51. The fourth-order valence-corrected chi connectivity index (χ4v) is 3.15. The zero-order valence-corrected chi connectivity index (χ0v) is 14.3. The number of carbonyl (C=O) groups is 1. The van der Waals surface area contributed by atoms with Crippen LogP contribution in [0.1, 0.15) is 11.1 Å². The molecule has 0 radical (unpaired) electrons. The quantitative estimate of drug-likeness (QED) is 0.706. The van der Waals surface area contributed by atoms with Crippen molar-refractivity contribution >= 4 is 32.6 Å². The van der Waals surface area contributed by atoms with Gasteiger partial charge in [-0.2, -0.15) is 0 Å². The second-order valence-corrected chi connectivity index (χ2v) is 6.36. The molecule has 0 saturated carbocycles. The van der Waals surface area contributed by atoms with E-state index in [1.54, 1.807) is 0 Å². The van der Waals surface area contributed by atoms with E-state index in [2.05, 4.69) is 57.6 Å². The Morgan fingerprint density at radius 2 is 1.57 bits per heavy atom. The molecule has 0 aromatic heterocycles. The van der Waals surface area contributed by atoms with Crippen LogP contribution in [0.5, 0.6) is 0 Å². The second kappa shape index (κ2) is 7.42. The zero-order chi connectivity index (χ0) is 16.1. The minimum atomic E-state index is 0.0529. The number of fused-ring (bicyclic) bond motifs is 1. The van der Waals surface area contributed by atoms with Gasteiger partial charge in [-0.25, -0.2) is 0 Å². The molecule has 0 bridgehead atoms. The third kappa shape index (κ3) is 3.99. The van der Waals surface area contributed by atoms with Gasteiger partial charge in [0.15, 0.2) is 0 Å². The Morgan fingerprint density at radius 1 is 0.870 bits per heavy atom. The zero-order valence-electron chi connectivity index (χ0n) is 12.8. The van der Waals surface area contributed by atoms with Gasteiger partial charge in [-0.3, -0.25) is 4.79 Å². The van der Waals surface area contributed by atoms with E-state index >= 15 is 0 Å². The molecule has 0 aliphatic heterocycles. The van der Waals surface area contributed by atoms with Crippen LogP contribution in [0.3, 0.4) is 0 Å². The van der Waals surface area contributed by atoms with Crippen LogP contribution in [0.25, 0.3) is 10.8 Å². The first-order valence-corrected chi connectivity index (χ1v) is 8.50. The summed E-state index contributed by atoms with van der Waals surface area (Å²) in [5, 5.41) is 5.51. The number of nitrogens with one attached hydrogen (secondary N) is 1. The van der Waals surface area contributed by atoms with Gasteiger partial charge in [0.05, 0.1) is 6.42 Å². The Labute approximate surface area is 144 Å². The molecule has 1 amide bonds. The summed E-state index contributed by atoms with van der Waals surface area (Å²) in [6, 6.07) is 22.5. The molecule has 3 aromatic rings. The lowest BCUT2D eigenvalue weighted by atomic mass is 10.0. The van der Waals surface area contributed by atoms with Gasteiger partial charge < -0.3 is 5.32 Å². The minimum Gasteiger partial charge on any atom is -0.355 e. The average molecular weight is 368 g/mol. The van der Waals surface area contributed by atoms with Gasteiger partial charge in [-0.1, -0.05) is 76.6 Å². The van der Waals surface area contributed by atoms with Crippen LogP contribution in [-0.2, 0) is 17.6 Å². The van der Waals surface area contributed by atoms with Crippen LogP contribution >= 0.6 is 15.9 Å². The van der Waals surface area contributed by atoms with Gasteiger partial charge in [-0.15, -0.1) is 0 Å². The lowest BCUT2D eigenvalue weighted by molar-refractivity contribution is -0.120. The Bertz CT molecular complexity index is 823. The Hall–Kier alpha value is -2.13. The summed E-state index contributed by atoms with van der Waals surface area (Å²) in [5.74, 6) is 0.0529. The molecule has 1 N–H and O–H groups in total. The largest absolute Gasteiger partial charge is 0.355 e. The van der Waals surface area contributed by atoms with Crippen molar-refractivity contribution in [3.05, 3.63) is 82.3 Å². The van der Waals surface area contributed by atoms with Gasteiger partial charge in [-0.05, 0) is 34.4 Å². The summed E-state index contributed by atoms with van der Waals surface area (Å²) in [5.41, 5.74) is 2.28. The number of halogens is 1. The van der Waals surface area contributed by atoms with E-state index in [9.17, 15) is 4.79 Å². The SMILES string of the molecule is O=C(Cc1ccccc1Br)NCCc1cccc2ccccc12. The van der Waals surface area contributed by atoms with E-state index in [1.807, 2.05) is 30.3 Å². The third-order valence-corrected chi connectivity index (χ3v) is 4.68. The van der Waals surface area contributed by atoms with E-state index in [-0.39, 0.29) is 5.91 Å². The first-order valence-electron chi connectivity index (χ1n) is 7.71. The first-order chi connectivity index (χ1) is 11.2. The van der Waals surface area contributed by atoms with Gasteiger partial charge in [0, 0.05) is 11.0 Å². The van der Waals surface area contributed by atoms with Crippen molar-refractivity contribution in [3.63, 3.8) is 0 Å². The maximum absolute atomic E-state index is 12.1. The van der Waals surface area contributed by atoms with Crippen LogP contribution in [0.15, 0.2) is 71.2 Å². The highest BCUT2D eigenvalue weighted by molar-refractivity contribution is 9.10. The molecule has 0 unspecified atom stereocenters. The van der Waals surface area contributed by atoms with Gasteiger partial charge in [0.25, 0.3) is 0 Å². The van der Waals surface area contributed by atoms with Gasteiger partial charge >= 0.3 is 0 Å². The van der Waals surface area contributed by atoms with Crippen LogP contribution < -0.4 is 5.32 Å². The number of rotatable bonds is 5. The molecule has 3 rings (SSSR count). The number of hydrogen-bond donors (Lipinski definition) is 1. The first kappa shape index (κ1) is 15.8. The summed E-state index contributed by atoms with van der Waals surface area (Å²) in [7, 11) is 0. The van der Waals surface area contributed by atoms with Gasteiger partial charge in [0.1, 0.15) is 0 Å². The Kier molecular flexibility index (Phi) is 5.09. The predicted molar refractivity (Wildman–Crippen MR) is 98.5 cm³/mol. The van der Waals surface area contributed by atoms with Crippen LogP contribution in [0.4, 0.5) is 0 Å². The number of amides is 1. The van der Waals surface area contributed by atoms with E-state index in [0.29, 0.717) is 13.0 Å². The minimum absolute atomic E-state index is 0.0529. The number of benzene rings is 3. The molecule has 116 valence electrons. The highest BCUT2D eigenvalue weighted by Gasteiger charge is 2.06. The van der Waals surface area contributed by atoms with E-state index in [0.717, 1.165) is 16.5 Å². The molecule has 0 saturated heterocycles. The maximum Gasteiger partial charge on any atom is 0.224 e. The van der Waals surface area contributed by atoms with Crippen molar-refractivity contribution in [2.75, 3.05) is 6.54 Å². The highest BCUT2D eigenvalue weighted by Crippen LogP contribution is 2.19. The Balaban J connectivity index is 1.58. The topological polar surface area (TPSA) is 29.1 Å². The van der Waals surface area contributed by atoms with Crippen molar-refractivity contribution in [1.82, 2.24) is 5.32 Å². The lowest BCUT2D eigenvalue weighted by Crippen LogP contribution is -2.27. The average Bonchev–Trinajstić information content (AvgIpc) is 2.57. The van der Waals surface area contributed by atoms with Crippen LogP contribution in [0, 0.1) is 0 Å². The Morgan fingerprint density at radius 3 is 2.43 bits per heavy atom. The van der Waals surface area contributed by atoms with E-state index < -0.39 is 0 Å². The standard InChI is InChI=1S/C20H18BrNO/c21-19-11-4-2-7-17(19)14-20(23)22-13-12-16-9-5-8-15-6-1-3-10-18(15)16/h1-11H,12-14H2,(H,22,23). The van der Waals surface area contributed by atoms with Crippen molar-refractivity contribution in [2.45, 2.75) is 12.8 Å². The predicted octanol–water partition coefficient (Wildman–Crippen LogP) is 4.50. The summed E-state index contributed by atoms with van der Waals surface area (Å²) >= 11 is 3.48. The fraction of sp³-hybridized carbons (Fsp3) is 0.150. The molecule has 0 heterocycles. The molecular weight excluding hydrogens is 350 g/mol. The molecule has 0 aliphatic rings. The molecule has 0 aliphatic carbocycles. The maximum atomic E-state index is 12.1. The highest BCUT2D eigenvalue weighted by atomic mass is 79.9. The van der Waals surface area contributed by atoms with Crippen molar-refractivity contribution in [2.24, 2.45) is 0 Å². The number of carbonyl (C=O) groups excluding carboxylic acids is 1. The van der Waals surface area contributed by atoms with Crippen molar-refractivity contribution in [3.8, 4) is 0 Å². The molecule has 3 aromatic carbocycles. The molecular formula is C20H18BrNO. The molecule has 2 nitrogen and oxygen atoms in total. The molecule has 3 heteroatoms. The van der Waals surface area contributed by atoms with E-state index in [1.165, 1.54) is 16.3 Å². The smallest absolute Gasteiger partial charge is 0.224 e. The molecule has 0 atom stereocenters. The monoisotopic (exact) mass is 367 g/mol. The van der Waals surface area contributed by atoms with Crippen molar-refractivity contribution < 1.29 is 4.79 Å². The number of hydrogen-bond acceptors (Lipinski definition) is 1. The van der Waals surface area contributed by atoms with Crippen LogP contribution in [0.2, 0.25) is 0 Å². The lowest BCUT2D eigenvalue weighted by Gasteiger charge is -2.09. The summed E-state index contributed by atoms with van der Waals surface area (Å²) < 4.78 is 0.976. The normalized spacial score (nSPS) is 10.7. The molecule has 23 heavy (non-hydrogen) atoms. The summed E-state index contributed by atoms with van der Waals surface area (Å²) in [4.78, 5) is 12.1. The summed E-state index contributed by atoms with van der Waals surface area (Å²) in [6.07, 6.45) is 1.24. The van der Waals surface area contributed by atoms with E-state index in [4.69, 9.17) is 0 Å². The summed E-state index contributed by atoms with van der Waals surface area (Å²) in [6.45, 7) is 0.650. The third-order valence-electron chi connectivity index (χ3n) is 3.91. The van der Waals surface area contributed by atoms with Crippen molar-refractivity contribution in [1.29, 1.82) is 0 Å². The van der Waals surface area contributed by atoms with Gasteiger partial charge in [0.2, 0.25) is 5.91 Å².